The van der Waals surface area contributed by atoms with Crippen LogP contribution in [0, 0.1) is 27.2 Å². The average molecular weight is 782 g/mol. The molecule has 0 atom stereocenters. The van der Waals surface area contributed by atoms with E-state index in [9.17, 15) is 48.8 Å². The third-order valence-electron chi connectivity index (χ3n) is 7.10. The number of benzene rings is 5. The zero-order valence-corrected chi connectivity index (χ0v) is 28.9. The smallest absolute Gasteiger partial charge is 0.506 e. The molecule has 19 nitrogen and oxygen atoms in total. The van der Waals surface area contributed by atoms with Crippen LogP contribution in [-0.4, -0.2) is 47.9 Å². The fourth-order valence-corrected chi connectivity index (χ4v) is 5.00. The zero-order chi connectivity index (χ0) is 37.7. The number of phenolic OH excluding ortho intramolecular Hbond substituents is 3. The van der Waals surface area contributed by atoms with Crippen molar-refractivity contribution in [1.29, 1.82) is 0 Å². The molecule has 6 rings (SSSR count). The summed E-state index contributed by atoms with van der Waals surface area (Å²) in [6, 6.07) is 22.1. The third kappa shape index (κ3) is 8.93. The maximum Gasteiger partial charge on any atom is 1.00 e. The minimum absolute atomic E-state index is 0. The molecular formula is C32H25CrN8O11S+. The molecule has 0 unspecified atom stereocenters. The molecule has 21 heteroatoms. The van der Waals surface area contributed by atoms with E-state index in [1.807, 2.05) is 18.2 Å². The number of hydrogen-bond acceptors (Lipinski definition) is 15. The van der Waals surface area contributed by atoms with Crippen LogP contribution in [0.3, 0.4) is 0 Å². The fourth-order valence-electron chi connectivity index (χ4n) is 4.52. The van der Waals surface area contributed by atoms with Gasteiger partial charge in [-0.1, -0.05) is 42.9 Å². The van der Waals surface area contributed by atoms with Crippen molar-refractivity contribution in [3.8, 4) is 22.9 Å². The standard InChI is InChI=1S/C16H12N5O7S.C16H11N3O4.Cr/c1-9-15(18-17-13-7-4-11(21(24)25)8-14(13)22)16(23)20(19-9)10-2-5-12(6-3-10)29(26,27)28;20-14-8-5-10-3-1-2-4-12(10)16(14)18-17-13-7-6-11(19(22)23)9-15(13)21;/h2-8,22H,1H3,(H,26,27,28);1-9,20-21H;/q-1;;/p+2. The van der Waals surface area contributed by atoms with Crippen molar-refractivity contribution in [2.45, 2.75) is 11.8 Å². The van der Waals surface area contributed by atoms with E-state index in [0.29, 0.717) is 5.39 Å². The average Bonchev–Trinajstić information content (AvgIpc) is 3.39. The Morgan fingerprint density at radius 3 is 1.89 bits per heavy atom. The van der Waals surface area contributed by atoms with Crippen LogP contribution in [0.4, 0.5) is 34.1 Å². The van der Waals surface area contributed by atoms with Gasteiger partial charge in [0.15, 0.2) is 0 Å². The second-order valence-corrected chi connectivity index (χ2v) is 12.0. The van der Waals surface area contributed by atoms with Crippen molar-refractivity contribution in [3.05, 3.63) is 133 Å². The number of hydrogen-bond donors (Lipinski definition) is 4. The molecule has 53 heavy (non-hydrogen) atoms. The topological polar surface area (TPSA) is 286 Å². The predicted octanol–water partition coefficient (Wildman–Crippen LogP) is 7.33. The maximum atomic E-state index is 12.5. The van der Waals surface area contributed by atoms with Crippen LogP contribution in [0.15, 0.2) is 127 Å². The maximum absolute atomic E-state index is 12.5. The number of rotatable bonds is 8. The summed E-state index contributed by atoms with van der Waals surface area (Å²) >= 11 is 0. The summed E-state index contributed by atoms with van der Waals surface area (Å²) in [4.78, 5) is 32.2. The van der Waals surface area contributed by atoms with Crippen molar-refractivity contribution in [3.63, 3.8) is 0 Å². The minimum atomic E-state index is -4.37. The Balaban J connectivity index is 0.000000368. The number of aryl methyl sites for hydroxylation is 1. The summed E-state index contributed by atoms with van der Waals surface area (Å²) < 4.78 is 32.2. The Morgan fingerprint density at radius 1 is 0.774 bits per heavy atom. The number of aromatic nitrogens is 2. The van der Waals surface area contributed by atoms with Gasteiger partial charge in [0.1, 0.15) is 39.9 Å². The molecule has 4 N–H and O–H groups in total. The number of nitro benzene ring substituents is 2. The van der Waals surface area contributed by atoms with Crippen molar-refractivity contribution >= 4 is 55.0 Å². The van der Waals surface area contributed by atoms with Crippen molar-refractivity contribution in [2.24, 2.45) is 20.5 Å². The quantitative estimate of drug-likeness (QED) is 0.0388. The molecule has 0 aliphatic rings. The summed E-state index contributed by atoms with van der Waals surface area (Å²) in [5.41, 5.74) is -0.681. The van der Waals surface area contributed by atoms with Gasteiger partial charge in [0, 0.05) is 34.9 Å². The number of phenols is 3. The van der Waals surface area contributed by atoms with E-state index in [4.69, 9.17) is 4.55 Å². The number of aromatic hydroxyl groups is 3. The van der Waals surface area contributed by atoms with Gasteiger partial charge in [0.25, 0.3) is 21.5 Å². The normalized spacial score (nSPS) is 11.3. The van der Waals surface area contributed by atoms with Crippen molar-refractivity contribution in [2.75, 3.05) is 0 Å². The predicted molar refractivity (Wildman–Crippen MR) is 186 cm³/mol. The molecule has 0 spiro atoms. The molecule has 0 saturated heterocycles. The van der Waals surface area contributed by atoms with E-state index in [-0.39, 0.29) is 82.1 Å². The first-order valence-corrected chi connectivity index (χ1v) is 15.9. The molecule has 270 valence electrons. The van der Waals surface area contributed by atoms with Crippen LogP contribution in [0.2, 0.25) is 0 Å². The molecule has 1 aromatic heterocycles. The SMILES string of the molecule is Cc1nn(-c2ccc(S(=O)(=O)O)cc2)c(=O)[c-]1N=Nc1ccc([N+](=O)[O-])cc1O.O=[N+]([O-])c1ccc(N=Nc2c(O)ccc3ccccc23)c(O)c1.[Cr].[H+].[H+]. The Bertz CT molecular complexity index is 2600. The Labute approximate surface area is 311 Å². The first-order chi connectivity index (χ1) is 24.6. The van der Waals surface area contributed by atoms with Crippen LogP contribution in [0.5, 0.6) is 17.2 Å². The van der Waals surface area contributed by atoms with Gasteiger partial charge in [-0.25, -0.2) is 9.78 Å². The van der Waals surface area contributed by atoms with Gasteiger partial charge in [-0.3, -0.25) is 24.8 Å². The number of nitro groups is 2. The molecule has 6 aromatic rings. The number of nitrogens with zero attached hydrogens (tertiary/aromatic N) is 8. The van der Waals surface area contributed by atoms with E-state index < -0.39 is 31.3 Å². The molecule has 1 heterocycles. The van der Waals surface area contributed by atoms with E-state index in [0.717, 1.165) is 40.4 Å². The van der Waals surface area contributed by atoms with Gasteiger partial charge in [-0.2, -0.15) is 13.5 Å². The van der Waals surface area contributed by atoms with Crippen LogP contribution in [-0.2, 0) is 27.5 Å². The molecular weight excluding hydrogens is 756 g/mol. The largest absolute Gasteiger partial charge is 1.00 e. The van der Waals surface area contributed by atoms with E-state index >= 15 is 0 Å². The molecule has 0 aliphatic carbocycles. The molecule has 0 fully saturated rings. The van der Waals surface area contributed by atoms with E-state index in [2.05, 4.69) is 25.6 Å². The van der Waals surface area contributed by atoms with Gasteiger partial charge in [0.05, 0.1) is 32.6 Å². The second kappa shape index (κ2) is 16.0. The first kappa shape index (κ1) is 39.0. The Morgan fingerprint density at radius 2 is 1.34 bits per heavy atom. The number of azo groups is 2. The summed E-state index contributed by atoms with van der Waals surface area (Å²) in [5.74, 6) is -0.891. The van der Waals surface area contributed by atoms with Crippen LogP contribution >= 0.6 is 0 Å². The van der Waals surface area contributed by atoms with Gasteiger partial charge in [-0.05, 0) is 47.9 Å². The molecule has 0 amide bonds. The second-order valence-electron chi connectivity index (χ2n) is 10.5. The van der Waals surface area contributed by atoms with Crippen molar-refractivity contribution < 1.29 is 58.4 Å². The van der Waals surface area contributed by atoms with Crippen LogP contribution < -0.4 is 5.56 Å². The molecule has 0 bridgehead atoms. The first-order valence-electron chi connectivity index (χ1n) is 14.5. The van der Waals surface area contributed by atoms with Crippen LogP contribution in [0.25, 0.3) is 16.5 Å². The van der Waals surface area contributed by atoms with Gasteiger partial charge in [-0.15, -0.1) is 15.9 Å². The molecule has 5 aromatic carbocycles. The van der Waals surface area contributed by atoms with Gasteiger partial charge >= 0.3 is 2.85 Å². The molecule has 0 radical (unpaired) electrons. The summed E-state index contributed by atoms with van der Waals surface area (Å²) in [6.07, 6.45) is 0. The van der Waals surface area contributed by atoms with Crippen molar-refractivity contribution in [1.82, 2.24) is 9.78 Å². The molecule has 0 aliphatic heterocycles. The van der Waals surface area contributed by atoms with E-state index in [1.165, 1.54) is 43.3 Å². The minimum Gasteiger partial charge on any atom is -0.506 e. The van der Waals surface area contributed by atoms with Gasteiger partial charge in [0.2, 0.25) is 0 Å². The molecule has 0 saturated carbocycles. The zero-order valence-electron chi connectivity index (χ0n) is 28.8. The number of fused-ring (bicyclic) bond motifs is 1. The summed E-state index contributed by atoms with van der Waals surface area (Å²) in [6.45, 7) is 1.49. The Hall–Kier alpha value is -6.79. The Kier molecular flexibility index (Phi) is 11.8. The fraction of sp³-hybridized carbons (Fsp3) is 0.0312. The summed E-state index contributed by atoms with van der Waals surface area (Å²) in [5, 5.41) is 71.9. The monoisotopic (exact) mass is 781 g/mol. The number of non-ortho nitro benzene ring substituents is 2. The third-order valence-corrected chi connectivity index (χ3v) is 7.97. The van der Waals surface area contributed by atoms with Gasteiger partial charge < -0.3 is 25.2 Å². The summed E-state index contributed by atoms with van der Waals surface area (Å²) in [7, 11) is -4.37. The van der Waals surface area contributed by atoms with E-state index in [1.54, 1.807) is 12.1 Å². The van der Waals surface area contributed by atoms with Crippen LogP contribution in [0.1, 0.15) is 8.55 Å².